The molecule has 4 N–H and O–H groups in total. The fourth-order valence-electron chi connectivity index (χ4n) is 2.77. The molecule has 0 aliphatic carbocycles. The second kappa shape index (κ2) is 7.00. The van der Waals surface area contributed by atoms with E-state index in [2.05, 4.69) is 25.7 Å². The Morgan fingerprint density at radius 1 is 1.54 bits per heavy atom. The van der Waals surface area contributed by atoms with E-state index < -0.39 is 30.7 Å². The van der Waals surface area contributed by atoms with Crippen molar-refractivity contribution in [1.82, 2.24) is 19.5 Å². The van der Waals surface area contributed by atoms with Crippen molar-refractivity contribution in [3.8, 4) is 12.3 Å². The van der Waals surface area contributed by atoms with Crippen molar-refractivity contribution in [3.05, 3.63) is 6.33 Å². The number of alkyl halides is 1. The smallest absolute Gasteiger partial charge is 0.251 e. The number of imidazole rings is 1. The molecule has 0 amide bonds. The molecule has 11 heteroatoms. The topological polar surface area (TPSA) is 127 Å². The standard InChI is InChI=1S/C15H19FN6O4/c1-4-15(16)10(24)8(6-23)26-13(15)22-7-18-9-11(17-3)19-14(20-12(9)22)21-25-5-2/h1,7-8,10,13,23-24H,5-6H2,2-3H3,(H2,17,19,20,21)/t8-,10-,13-,15-/m1/s1. The molecule has 3 rings (SSSR count). The van der Waals surface area contributed by atoms with E-state index in [4.69, 9.17) is 16.0 Å². The van der Waals surface area contributed by atoms with E-state index >= 15 is 4.39 Å². The van der Waals surface area contributed by atoms with E-state index in [9.17, 15) is 10.2 Å². The Hall–Kier alpha value is -2.52. The number of nitrogens with one attached hydrogen (secondary N) is 2. The van der Waals surface area contributed by atoms with Crippen LogP contribution >= 0.6 is 0 Å². The van der Waals surface area contributed by atoms with E-state index in [0.29, 0.717) is 17.9 Å². The average molecular weight is 366 g/mol. The van der Waals surface area contributed by atoms with Crippen molar-refractivity contribution in [2.24, 2.45) is 0 Å². The van der Waals surface area contributed by atoms with E-state index in [1.807, 2.05) is 5.92 Å². The summed E-state index contributed by atoms with van der Waals surface area (Å²) in [6, 6.07) is 0. The minimum Gasteiger partial charge on any atom is -0.394 e. The van der Waals surface area contributed by atoms with Crippen molar-refractivity contribution in [2.45, 2.75) is 31.0 Å². The number of anilines is 2. The van der Waals surface area contributed by atoms with Crippen LogP contribution in [0.1, 0.15) is 13.2 Å². The number of hydrogen-bond acceptors (Lipinski definition) is 9. The third kappa shape index (κ3) is 2.73. The maximum absolute atomic E-state index is 15.2. The Labute approximate surface area is 148 Å². The van der Waals surface area contributed by atoms with Crippen LogP contribution in [0.2, 0.25) is 0 Å². The maximum Gasteiger partial charge on any atom is 0.251 e. The van der Waals surface area contributed by atoms with Gasteiger partial charge in [-0.15, -0.1) is 6.42 Å². The molecule has 2 aromatic heterocycles. The predicted octanol–water partition coefficient (Wildman–Crippen LogP) is -0.177. The molecule has 140 valence electrons. The second-order valence-corrected chi connectivity index (χ2v) is 5.57. The molecule has 0 saturated carbocycles. The van der Waals surface area contributed by atoms with E-state index in [1.165, 1.54) is 10.9 Å². The highest BCUT2D eigenvalue weighted by atomic mass is 19.1. The summed E-state index contributed by atoms with van der Waals surface area (Å²) in [6.07, 6.45) is 2.29. The lowest BCUT2D eigenvalue weighted by Crippen LogP contribution is -2.42. The molecule has 0 unspecified atom stereocenters. The Morgan fingerprint density at radius 3 is 2.92 bits per heavy atom. The molecular weight excluding hydrogens is 347 g/mol. The SMILES string of the molecule is C#C[C@@]1(F)[C@H](O)[C@@H](CO)O[C@H]1n1cnc2c(NC)nc(NOCC)nc21. The van der Waals surface area contributed by atoms with E-state index in [1.54, 1.807) is 14.0 Å². The zero-order valence-corrected chi connectivity index (χ0v) is 14.2. The lowest BCUT2D eigenvalue weighted by molar-refractivity contribution is -0.0504. The highest BCUT2D eigenvalue weighted by Crippen LogP contribution is 2.42. The molecule has 10 nitrogen and oxygen atoms in total. The average Bonchev–Trinajstić information content (AvgIpc) is 3.19. The zero-order valence-electron chi connectivity index (χ0n) is 14.2. The van der Waals surface area contributed by atoms with Crippen LogP contribution in [0.4, 0.5) is 16.2 Å². The first kappa shape index (κ1) is 18.3. The van der Waals surface area contributed by atoms with Gasteiger partial charge in [0.15, 0.2) is 23.2 Å². The summed E-state index contributed by atoms with van der Waals surface area (Å²) in [7, 11) is 1.64. The maximum atomic E-state index is 15.2. The third-order valence-corrected chi connectivity index (χ3v) is 4.07. The van der Waals surface area contributed by atoms with Gasteiger partial charge in [-0.3, -0.25) is 9.40 Å². The summed E-state index contributed by atoms with van der Waals surface area (Å²) in [6.45, 7) is 1.56. The number of aliphatic hydroxyl groups is 2. The Balaban J connectivity index is 2.11. The van der Waals surface area contributed by atoms with Crippen LogP contribution in [0.5, 0.6) is 0 Å². The summed E-state index contributed by atoms with van der Waals surface area (Å²) < 4.78 is 22.0. The summed E-state index contributed by atoms with van der Waals surface area (Å²) >= 11 is 0. The van der Waals surface area contributed by atoms with Crippen LogP contribution in [0, 0.1) is 12.3 Å². The van der Waals surface area contributed by atoms with E-state index in [-0.39, 0.29) is 11.6 Å². The van der Waals surface area contributed by atoms with Crippen LogP contribution in [-0.4, -0.2) is 67.9 Å². The summed E-state index contributed by atoms with van der Waals surface area (Å²) in [5.41, 5.74) is 0.549. The molecule has 0 aromatic carbocycles. The van der Waals surface area contributed by atoms with Gasteiger partial charge in [-0.2, -0.15) is 9.97 Å². The molecule has 1 aliphatic heterocycles. The fraction of sp³-hybridized carbons (Fsp3) is 0.533. The van der Waals surface area contributed by atoms with Crippen molar-refractivity contribution in [1.29, 1.82) is 0 Å². The van der Waals surface area contributed by atoms with Gasteiger partial charge in [0, 0.05) is 7.05 Å². The molecule has 26 heavy (non-hydrogen) atoms. The number of aliphatic hydroxyl groups excluding tert-OH is 2. The molecule has 1 aliphatic rings. The number of ether oxygens (including phenoxy) is 1. The monoisotopic (exact) mass is 366 g/mol. The van der Waals surface area contributed by atoms with Crippen LogP contribution in [0.15, 0.2) is 6.33 Å². The highest BCUT2D eigenvalue weighted by molar-refractivity contribution is 5.84. The van der Waals surface area contributed by atoms with Gasteiger partial charge in [-0.1, -0.05) is 5.92 Å². The van der Waals surface area contributed by atoms with Gasteiger partial charge in [0.25, 0.3) is 5.95 Å². The Morgan fingerprint density at radius 2 is 2.31 bits per heavy atom. The number of aromatic nitrogens is 4. The number of halogens is 1. The molecular formula is C15H19FN6O4. The molecule has 1 fully saturated rings. The summed E-state index contributed by atoms with van der Waals surface area (Å²) in [4.78, 5) is 17.7. The van der Waals surface area contributed by atoms with Crippen LogP contribution in [-0.2, 0) is 9.57 Å². The molecule has 4 atom stereocenters. The Bertz CT molecular complexity index is 839. The Kier molecular flexibility index (Phi) is 4.92. The first-order chi connectivity index (χ1) is 12.5. The lowest BCUT2D eigenvalue weighted by atomic mass is 9.97. The molecule has 0 bridgehead atoms. The number of terminal acetylenes is 1. The van der Waals surface area contributed by atoms with Crippen LogP contribution in [0.3, 0.4) is 0 Å². The van der Waals surface area contributed by atoms with Gasteiger partial charge in [0.05, 0.1) is 19.5 Å². The largest absolute Gasteiger partial charge is 0.394 e. The van der Waals surface area contributed by atoms with E-state index in [0.717, 1.165) is 0 Å². The highest BCUT2D eigenvalue weighted by Gasteiger charge is 2.57. The van der Waals surface area contributed by atoms with Crippen molar-refractivity contribution >= 4 is 22.9 Å². The minimum atomic E-state index is -2.57. The molecule has 0 spiro atoms. The van der Waals surface area contributed by atoms with Crippen molar-refractivity contribution < 1.29 is 24.2 Å². The fourth-order valence-corrected chi connectivity index (χ4v) is 2.77. The first-order valence-electron chi connectivity index (χ1n) is 7.91. The van der Waals surface area contributed by atoms with Crippen LogP contribution in [0.25, 0.3) is 11.2 Å². The lowest BCUT2D eigenvalue weighted by Gasteiger charge is -2.23. The normalized spacial score (nSPS) is 28.2. The van der Waals surface area contributed by atoms with Gasteiger partial charge in [-0.05, 0) is 6.92 Å². The number of fused-ring (bicyclic) bond motifs is 1. The first-order valence-corrected chi connectivity index (χ1v) is 7.91. The molecule has 3 heterocycles. The minimum absolute atomic E-state index is 0.118. The summed E-state index contributed by atoms with van der Waals surface area (Å²) in [5.74, 6) is 2.43. The zero-order chi connectivity index (χ0) is 18.9. The predicted molar refractivity (Wildman–Crippen MR) is 89.8 cm³/mol. The van der Waals surface area contributed by atoms with Crippen LogP contribution < -0.4 is 10.8 Å². The van der Waals surface area contributed by atoms with Gasteiger partial charge >= 0.3 is 0 Å². The third-order valence-electron chi connectivity index (χ3n) is 4.07. The van der Waals surface area contributed by atoms with Gasteiger partial charge in [0.2, 0.25) is 5.67 Å². The number of hydrogen-bond donors (Lipinski definition) is 4. The number of nitrogens with zero attached hydrogens (tertiary/aromatic N) is 4. The van der Waals surface area contributed by atoms with Gasteiger partial charge < -0.3 is 20.3 Å². The van der Waals surface area contributed by atoms with Crippen molar-refractivity contribution in [2.75, 3.05) is 31.1 Å². The van der Waals surface area contributed by atoms with Gasteiger partial charge in [-0.25, -0.2) is 14.9 Å². The molecule has 1 saturated heterocycles. The van der Waals surface area contributed by atoms with Gasteiger partial charge in [0.1, 0.15) is 12.2 Å². The molecule has 2 aromatic rings. The molecule has 0 radical (unpaired) electrons. The summed E-state index contributed by atoms with van der Waals surface area (Å²) in [5, 5.41) is 22.3. The van der Waals surface area contributed by atoms with Crippen molar-refractivity contribution in [3.63, 3.8) is 0 Å². The number of rotatable bonds is 6. The quantitative estimate of drug-likeness (QED) is 0.407. The second-order valence-electron chi connectivity index (χ2n) is 5.57.